The summed E-state index contributed by atoms with van der Waals surface area (Å²) in [5.74, 6) is -2.16. The number of hydrogen-bond donors (Lipinski definition) is 3. The van der Waals surface area contributed by atoms with Gasteiger partial charge in [-0.3, -0.25) is 14.4 Å². The summed E-state index contributed by atoms with van der Waals surface area (Å²) >= 11 is 7.56. The minimum Gasteiger partial charge on any atom is -0.450 e. The molecule has 13 heteroatoms. The maximum absolute atomic E-state index is 14.3. The number of nitrogens with one attached hydrogen (secondary N) is 1. The number of ether oxygens (including phenoxy) is 3. The highest BCUT2D eigenvalue weighted by atomic mass is 35.5. The van der Waals surface area contributed by atoms with E-state index in [0.29, 0.717) is 37.9 Å². The van der Waals surface area contributed by atoms with Crippen LogP contribution in [-0.2, 0) is 35.2 Å². The Labute approximate surface area is 304 Å². The number of nitrogens with zero attached hydrogens (tertiary/aromatic N) is 1. The number of rotatable bonds is 11. The zero-order valence-corrected chi connectivity index (χ0v) is 30.8. The minimum absolute atomic E-state index is 0.0314. The molecule has 51 heavy (non-hydrogen) atoms. The van der Waals surface area contributed by atoms with Crippen molar-refractivity contribution < 1.29 is 43.3 Å². The Balaban J connectivity index is 1.22. The van der Waals surface area contributed by atoms with E-state index in [4.69, 9.17) is 31.5 Å². The molecule has 278 valence electrons. The summed E-state index contributed by atoms with van der Waals surface area (Å²) in [4.78, 5) is 64.9. The monoisotopic (exact) mass is 727 g/mol. The molecular weight excluding hydrogens is 678 g/mol. The Kier molecular flexibility index (Phi) is 11.0. The number of nitrogens with two attached hydrogens (primary N) is 1. The van der Waals surface area contributed by atoms with Crippen LogP contribution in [0.5, 0.6) is 0 Å². The van der Waals surface area contributed by atoms with E-state index in [1.165, 1.54) is 11.0 Å². The molecule has 3 fully saturated rings. The Morgan fingerprint density at radius 1 is 1.12 bits per heavy atom. The van der Waals surface area contributed by atoms with Crippen molar-refractivity contribution in [3.63, 3.8) is 0 Å². The number of hydrogen-bond acceptors (Lipinski definition) is 10. The van der Waals surface area contributed by atoms with E-state index in [9.17, 15) is 29.1 Å². The number of allylic oxidation sites excluding steroid dienone is 4. The molecule has 1 unspecified atom stereocenters. The molecule has 5 rings (SSSR count). The average molecular weight is 728 g/mol. The predicted molar refractivity (Wildman–Crippen MR) is 189 cm³/mol. The first kappa shape index (κ1) is 38.3. The number of Topliss-reactive ketones (excluding diaryl/α,β-unsaturated/α-hetero) is 1. The summed E-state index contributed by atoms with van der Waals surface area (Å²) in [6, 6.07) is 7.00. The van der Waals surface area contributed by atoms with E-state index in [2.05, 4.69) is 5.32 Å². The van der Waals surface area contributed by atoms with Gasteiger partial charge in [-0.25, -0.2) is 9.59 Å². The highest BCUT2D eigenvalue weighted by molar-refractivity contribution is 6.26. The molecule has 0 saturated heterocycles. The molecule has 0 spiro atoms. The smallest absolute Gasteiger partial charge is 0.409 e. The van der Waals surface area contributed by atoms with Crippen molar-refractivity contribution in [2.75, 3.05) is 32.5 Å². The van der Waals surface area contributed by atoms with Gasteiger partial charge in [0.05, 0.1) is 11.0 Å². The molecule has 3 saturated carbocycles. The average Bonchev–Trinajstić information content (AvgIpc) is 3.31. The standard InChI is InChI=1S/C38H50ClN3O9/c1-6-32(46)51-38(31(45)22-49-33(47)41-16-7-17-42(5)34(48)50-21-24-8-11-26(40)12-9-24)23(2)18-29-28-13-10-25-19-27(43)14-15-35(25,3)37(28,39)30(44)20-36(29,38)4/h8-9,11-12,14-15,19,23,28-30,44H,6-7,10,13,16-18,20-22,40H2,1-5H3,(H,41,47)/t23-,28-,29?,30-,35-,36-,37-,38-/m0/s1. The van der Waals surface area contributed by atoms with Gasteiger partial charge < -0.3 is 35.3 Å². The van der Waals surface area contributed by atoms with Crippen LogP contribution in [0.2, 0.25) is 0 Å². The van der Waals surface area contributed by atoms with Crippen molar-refractivity contribution in [1.29, 1.82) is 0 Å². The predicted octanol–water partition coefficient (Wildman–Crippen LogP) is 5.10. The highest BCUT2D eigenvalue weighted by Crippen LogP contribution is 2.72. The Bertz CT molecular complexity index is 1610. The third-order valence-electron chi connectivity index (χ3n) is 12.1. The first-order valence-electron chi connectivity index (χ1n) is 17.7. The maximum atomic E-state index is 14.3. The maximum Gasteiger partial charge on any atom is 0.409 e. The van der Waals surface area contributed by atoms with Crippen LogP contribution in [-0.4, -0.2) is 83.1 Å². The van der Waals surface area contributed by atoms with E-state index in [0.717, 1.165) is 11.1 Å². The first-order chi connectivity index (χ1) is 24.0. The third-order valence-corrected chi connectivity index (χ3v) is 13.0. The van der Waals surface area contributed by atoms with Gasteiger partial charge in [-0.05, 0) is 73.8 Å². The van der Waals surface area contributed by atoms with E-state index in [-0.39, 0.29) is 43.6 Å². The van der Waals surface area contributed by atoms with Gasteiger partial charge >= 0.3 is 18.2 Å². The number of alkyl halides is 1. The van der Waals surface area contributed by atoms with Crippen LogP contribution in [0.1, 0.15) is 71.8 Å². The number of fused-ring (bicyclic) bond motifs is 5. The molecule has 12 nitrogen and oxygen atoms in total. The van der Waals surface area contributed by atoms with Crippen molar-refractivity contribution >= 4 is 47.0 Å². The van der Waals surface area contributed by atoms with Crippen LogP contribution in [0, 0.1) is 28.6 Å². The number of aliphatic hydroxyl groups excluding tert-OH is 1. The molecule has 1 aromatic carbocycles. The lowest BCUT2D eigenvalue weighted by molar-refractivity contribution is -0.202. The normalized spacial score (nSPS) is 33.5. The largest absolute Gasteiger partial charge is 0.450 e. The highest BCUT2D eigenvalue weighted by Gasteiger charge is 2.76. The van der Waals surface area contributed by atoms with E-state index >= 15 is 0 Å². The molecule has 1 aromatic rings. The van der Waals surface area contributed by atoms with E-state index in [1.807, 2.05) is 26.8 Å². The molecule has 8 atom stereocenters. The summed E-state index contributed by atoms with van der Waals surface area (Å²) in [6.45, 7) is 7.25. The van der Waals surface area contributed by atoms with Crippen LogP contribution < -0.4 is 11.1 Å². The molecule has 0 aromatic heterocycles. The van der Waals surface area contributed by atoms with Crippen molar-refractivity contribution in [3.05, 3.63) is 53.6 Å². The zero-order valence-electron chi connectivity index (χ0n) is 30.0. The van der Waals surface area contributed by atoms with Gasteiger partial charge in [0.2, 0.25) is 5.78 Å². The van der Waals surface area contributed by atoms with Gasteiger partial charge in [-0.15, -0.1) is 11.6 Å². The second-order valence-corrected chi connectivity index (χ2v) is 15.6. The van der Waals surface area contributed by atoms with E-state index in [1.54, 1.807) is 44.3 Å². The number of ketones is 2. The lowest BCUT2D eigenvalue weighted by Crippen LogP contribution is -2.69. The second kappa shape index (κ2) is 14.6. The summed E-state index contributed by atoms with van der Waals surface area (Å²) < 4.78 is 16.9. The molecular formula is C38H50ClN3O9. The number of nitrogen functional groups attached to an aromatic ring is 1. The first-order valence-corrected chi connectivity index (χ1v) is 18.1. The number of alkyl carbamates (subject to hydrolysis) is 1. The van der Waals surface area contributed by atoms with Gasteiger partial charge in [-0.2, -0.15) is 0 Å². The van der Waals surface area contributed by atoms with Crippen molar-refractivity contribution in [3.8, 4) is 0 Å². The molecule has 4 aliphatic rings. The summed E-state index contributed by atoms with van der Waals surface area (Å²) in [5, 5.41) is 14.6. The topological polar surface area (TPSA) is 175 Å². The minimum atomic E-state index is -1.67. The van der Waals surface area contributed by atoms with Crippen LogP contribution in [0.3, 0.4) is 0 Å². The fraction of sp³-hybridized carbons (Fsp3) is 0.605. The second-order valence-electron chi connectivity index (χ2n) is 15.0. The van der Waals surface area contributed by atoms with Gasteiger partial charge in [0.25, 0.3) is 0 Å². The molecule has 4 N–H and O–H groups in total. The van der Waals surface area contributed by atoms with E-state index < -0.39 is 63.9 Å². The number of amides is 2. The fourth-order valence-electron chi connectivity index (χ4n) is 9.41. The van der Waals surface area contributed by atoms with Crippen LogP contribution in [0.25, 0.3) is 0 Å². The Hall–Kier alpha value is -3.90. The Morgan fingerprint density at radius 2 is 1.82 bits per heavy atom. The number of anilines is 1. The van der Waals surface area contributed by atoms with Crippen LogP contribution >= 0.6 is 11.6 Å². The third kappa shape index (κ3) is 6.65. The summed E-state index contributed by atoms with van der Waals surface area (Å²) in [6.07, 6.45) is 4.68. The summed E-state index contributed by atoms with van der Waals surface area (Å²) in [7, 11) is 1.59. The van der Waals surface area contributed by atoms with Gasteiger partial charge in [-0.1, -0.05) is 51.5 Å². The van der Waals surface area contributed by atoms with Crippen LogP contribution in [0.4, 0.5) is 15.3 Å². The molecule has 4 aliphatic carbocycles. The number of halogens is 1. The van der Waals surface area contributed by atoms with Crippen LogP contribution in [0.15, 0.2) is 48.1 Å². The molecule has 0 radical (unpaired) electrons. The van der Waals surface area contributed by atoms with Gasteiger partial charge in [0, 0.05) is 49.0 Å². The van der Waals surface area contributed by atoms with Gasteiger partial charge in [0.15, 0.2) is 18.0 Å². The number of carbonyl (C=O) groups is 5. The SMILES string of the molecule is CCC(=O)O[C@]1(C(=O)COC(=O)NCCCN(C)C(=O)OCc2ccc(N)cc2)[C@@H](C)CC2[C@@H]3CCC4=CC(=O)C=C[C@]4(C)[C@@]3(Cl)[C@@H](O)C[C@@]21C. The number of esters is 1. The lowest BCUT2D eigenvalue weighted by Gasteiger charge is -2.64. The fourth-order valence-corrected chi connectivity index (χ4v) is 9.93. The number of aliphatic hydroxyl groups is 1. The lowest BCUT2D eigenvalue weighted by atomic mass is 9.45. The summed E-state index contributed by atoms with van der Waals surface area (Å²) in [5.41, 5.74) is 4.51. The molecule has 0 heterocycles. The molecule has 2 amide bonds. The Morgan fingerprint density at radius 3 is 2.51 bits per heavy atom. The molecule has 0 bridgehead atoms. The number of carbonyl (C=O) groups excluding carboxylic acids is 5. The van der Waals surface area contributed by atoms with Crippen molar-refractivity contribution in [2.45, 2.75) is 89.4 Å². The van der Waals surface area contributed by atoms with Crippen molar-refractivity contribution in [1.82, 2.24) is 10.2 Å². The quantitative estimate of drug-likeness (QED) is 0.0915. The van der Waals surface area contributed by atoms with Crippen molar-refractivity contribution in [2.24, 2.45) is 28.6 Å². The number of benzene rings is 1. The molecule has 0 aliphatic heterocycles. The zero-order chi connectivity index (χ0) is 37.4. The van der Waals surface area contributed by atoms with Gasteiger partial charge in [0.1, 0.15) is 6.61 Å².